The molecular formula is C17H26N2O3S. The van der Waals surface area contributed by atoms with Crippen LogP contribution in [-0.2, 0) is 16.0 Å². The van der Waals surface area contributed by atoms with Crippen LogP contribution in [0.1, 0.15) is 38.5 Å². The number of rotatable bonds is 4. The maximum Gasteiger partial charge on any atom is 0.410 e. The Morgan fingerprint density at radius 3 is 2.87 bits per heavy atom. The van der Waals surface area contributed by atoms with E-state index in [1.807, 2.05) is 38.3 Å². The zero-order valence-corrected chi connectivity index (χ0v) is 14.9. The van der Waals surface area contributed by atoms with Crippen molar-refractivity contribution in [2.24, 2.45) is 5.92 Å². The van der Waals surface area contributed by atoms with Gasteiger partial charge in [0.25, 0.3) is 0 Å². The van der Waals surface area contributed by atoms with E-state index in [1.165, 1.54) is 0 Å². The Bertz CT molecular complexity index is 522. The highest BCUT2D eigenvalue weighted by atomic mass is 32.1. The number of hydrogen-bond donors (Lipinski definition) is 1. The normalized spacial score (nSPS) is 18.6. The van der Waals surface area contributed by atoms with Crippen molar-refractivity contribution in [3.8, 4) is 0 Å². The van der Waals surface area contributed by atoms with Crippen molar-refractivity contribution in [1.29, 1.82) is 0 Å². The summed E-state index contributed by atoms with van der Waals surface area (Å²) in [6.45, 7) is 7.61. The van der Waals surface area contributed by atoms with Crippen molar-refractivity contribution in [3.05, 3.63) is 22.4 Å². The molecule has 1 aromatic heterocycles. The molecule has 0 aliphatic carbocycles. The highest BCUT2D eigenvalue weighted by Crippen LogP contribution is 2.19. The number of carbonyl (C=O) groups is 2. The number of likely N-dealkylation sites (tertiary alicyclic amines) is 1. The van der Waals surface area contributed by atoms with Crippen molar-refractivity contribution in [1.82, 2.24) is 10.2 Å². The summed E-state index contributed by atoms with van der Waals surface area (Å²) in [6.07, 6.45) is 2.15. The Morgan fingerprint density at radius 1 is 1.43 bits per heavy atom. The van der Waals surface area contributed by atoms with Crippen LogP contribution in [0, 0.1) is 5.92 Å². The van der Waals surface area contributed by atoms with E-state index in [0.717, 1.165) is 24.3 Å². The number of piperidine rings is 1. The predicted molar refractivity (Wildman–Crippen MR) is 91.6 cm³/mol. The van der Waals surface area contributed by atoms with Crippen molar-refractivity contribution in [2.45, 2.75) is 45.6 Å². The molecule has 0 saturated carbocycles. The van der Waals surface area contributed by atoms with Crippen LogP contribution < -0.4 is 5.32 Å². The maximum absolute atomic E-state index is 12.1. The number of nitrogens with one attached hydrogen (secondary N) is 1. The summed E-state index contributed by atoms with van der Waals surface area (Å²) in [7, 11) is 0. The molecule has 1 atom stereocenters. The maximum atomic E-state index is 12.1. The minimum Gasteiger partial charge on any atom is -0.444 e. The van der Waals surface area contributed by atoms with E-state index in [4.69, 9.17) is 4.74 Å². The molecular weight excluding hydrogens is 312 g/mol. The van der Waals surface area contributed by atoms with Crippen LogP contribution in [0.4, 0.5) is 4.79 Å². The summed E-state index contributed by atoms with van der Waals surface area (Å²) < 4.78 is 5.42. The van der Waals surface area contributed by atoms with E-state index in [1.54, 1.807) is 16.2 Å². The summed E-state index contributed by atoms with van der Waals surface area (Å²) in [5.41, 5.74) is -0.473. The fourth-order valence-electron chi connectivity index (χ4n) is 2.62. The average molecular weight is 338 g/mol. The van der Waals surface area contributed by atoms with Crippen LogP contribution in [0.2, 0.25) is 0 Å². The minimum absolute atomic E-state index is 0.0434. The van der Waals surface area contributed by atoms with Crippen LogP contribution in [0.15, 0.2) is 17.5 Å². The van der Waals surface area contributed by atoms with Gasteiger partial charge in [-0.05, 0) is 51.0 Å². The third-order valence-corrected chi connectivity index (χ3v) is 4.55. The van der Waals surface area contributed by atoms with E-state index in [9.17, 15) is 9.59 Å². The summed E-state index contributed by atoms with van der Waals surface area (Å²) in [5.74, 6) is 0.338. The first-order valence-corrected chi connectivity index (χ1v) is 8.98. The Balaban J connectivity index is 1.75. The molecule has 2 heterocycles. The van der Waals surface area contributed by atoms with Crippen molar-refractivity contribution < 1.29 is 14.3 Å². The molecule has 1 N–H and O–H groups in total. The van der Waals surface area contributed by atoms with Crippen LogP contribution >= 0.6 is 11.3 Å². The molecule has 128 valence electrons. The van der Waals surface area contributed by atoms with Gasteiger partial charge in [-0.25, -0.2) is 4.79 Å². The summed E-state index contributed by atoms with van der Waals surface area (Å²) in [6, 6.07) is 3.92. The topological polar surface area (TPSA) is 58.6 Å². The highest BCUT2D eigenvalue weighted by molar-refractivity contribution is 7.10. The minimum atomic E-state index is -0.473. The molecule has 1 aliphatic rings. The van der Waals surface area contributed by atoms with Gasteiger partial charge in [-0.3, -0.25) is 4.79 Å². The first-order chi connectivity index (χ1) is 10.8. The highest BCUT2D eigenvalue weighted by Gasteiger charge is 2.27. The van der Waals surface area contributed by atoms with Gasteiger partial charge in [0.05, 0.1) is 6.42 Å². The quantitative estimate of drug-likeness (QED) is 0.918. The molecule has 1 aromatic rings. The van der Waals surface area contributed by atoms with Crippen LogP contribution in [-0.4, -0.2) is 42.1 Å². The number of carbonyl (C=O) groups excluding carboxylic acids is 2. The Hall–Kier alpha value is -1.56. The SMILES string of the molecule is CC(C)(C)OC(=O)N1CCC[C@@H](CNC(=O)Cc2cccs2)C1. The van der Waals surface area contributed by atoms with Crippen LogP contribution in [0.25, 0.3) is 0 Å². The monoisotopic (exact) mass is 338 g/mol. The van der Waals surface area contributed by atoms with E-state index in [2.05, 4.69) is 5.32 Å². The van der Waals surface area contributed by atoms with Gasteiger partial charge in [0.1, 0.15) is 5.60 Å². The van der Waals surface area contributed by atoms with E-state index in [-0.39, 0.29) is 12.0 Å². The Labute approximate surface area is 142 Å². The summed E-state index contributed by atoms with van der Waals surface area (Å²) in [4.78, 5) is 26.9. The molecule has 23 heavy (non-hydrogen) atoms. The lowest BCUT2D eigenvalue weighted by molar-refractivity contribution is -0.120. The number of hydrogen-bond acceptors (Lipinski definition) is 4. The lowest BCUT2D eigenvalue weighted by Gasteiger charge is -2.34. The van der Waals surface area contributed by atoms with Crippen LogP contribution in [0.3, 0.4) is 0 Å². The number of thiophene rings is 1. The summed E-state index contributed by atoms with van der Waals surface area (Å²) >= 11 is 1.59. The zero-order valence-electron chi connectivity index (χ0n) is 14.1. The third kappa shape index (κ3) is 6.22. The Morgan fingerprint density at radius 2 is 2.22 bits per heavy atom. The molecule has 1 saturated heterocycles. The van der Waals surface area contributed by atoms with Gasteiger partial charge in [-0.15, -0.1) is 11.3 Å². The lowest BCUT2D eigenvalue weighted by Crippen LogP contribution is -2.45. The van der Waals surface area contributed by atoms with Gasteiger partial charge in [-0.1, -0.05) is 6.07 Å². The van der Waals surface area contributed by atoms with Gasteiger partial charge in [0.2, 0.25) is 5.91 Å². The second-order valence-corrected chi connectivity index (χ2v) is 8.03. The molecule has 2 rings (SSSR count). The number of amides is 2. The molecule has 0 unspecified atom stereocenters. The zero-order chi connectivity index (χ0) is 16.9. The Kier molecular flexibility index (Phi) is 6.04. The first-order valence-electron chi connectivity index (χ1n) is 8.10. The lowest BCUT2D eigenvalue weighted by atomic mass is 9.98. The van der Waals surface area contributed by atoms with Crippen molar-refractivity contribution >= 4 is 23.3 Å². The molecule has 5 nitrogen and oxygen atoms in total. The standard InChI is InChI=1S/C17H26N2O3S/c1-17(2,3)22-16(21)19-8-4-6-13(12-19)11-18-15(20)10-14-7-5-9-23-14/h5,7,9,13H,4,6,8,10-12H2,1-3H3,(H,18,20)/t13-/m0/s1. The molecule has 0 radical (unpaired) electrons. The fraction of sp³-hybridized carbons (Fsp3) is 0.647. The molecule has 0 bridgehead atoms. The third-order valence-electron chi connectivity index (χ3n) is 3.67. The van der Waals surface area contributed by atoms with Gasteiger partial charge < -0.3 is 15.0 Å². The number of ether oxygens (including phenoxy) is 1. The first kappa shape index (κ1) is 17.8. The second kappa shape index (κ2) is 7.81. The smallest absolute Gasteiger partial charge is 0.410 e. The molecule has 0 spiro atoms. The van der Waals surface area contributed by atoms with E-state index < -0.39 is 5.60 Å². The van der Waals surface area contributed by atoms with E-state index in [0.29, 0.717) is 25.4 Å². The van der Waals surface area contributed by atoms with E-state index >= 15 is 0 Å². The molecule has 0 aromatic carbocycles. The van der Waals surface area contributed by atoms with Gasteiger partial charge in [-0.2, -0.15) is 0 Å². The fourth-order valence-corrected chi connectivity index (χ4v) is 3.32. The predicted octanol–water partition coefficient (Wildman–Crippen LogP) is 3.05. The summed E-state index contributed by atoms with van der Waals surface area (Å²) in [5, 5.41) is 4.96. The molecule has 6 heteroatoms. The number of nitrogens with zero attached hydrogens (tertiary/aromatic N) is 1. The molecule has 1 aliphatic heterocycles. The average Bonchev–Trinajstić information content (AvgIpc) is 2.96. The van der Waals surface area contributed by atoms with Crippen LogP contribution in [0.5, 0.6) is 0 Å². The van der Waals surface area contributed by atoms with Crippen molar-refractivity contribution in [2.75, 3.05) is 19.6 Å². The van der Waals surface area contributed by atoms with Gasteiger partial charge in [0.15, 0.2) is 0 Å². The second-order valence-electron chi connectivity index (χ2n) is 6.99. The van der Waals surface area contributed by atoms with Gasteiger partial charge >= 0.3 is 6.09 Å². The van der Waals surface area contributed by atoms with Gasteiger partial charge in [0, 0.05) is 24.5 Å². The molecule has 1 fully saturated rings. The van der Waals surface area contributed by atoms with Crippen molar-refractivity contribution in [3.63, 3.8) is 0 Å². The molecule has 2 amide bonds. The largest absolute Gasteiger partial charge is 0.444 e.